The molecule has 0 amide bonds. The number of rotatable bonds is 8. The molecule has 0 spiro atoms. The first-order chi connectivity index (χ1) is 12.4. The summed E-state index contributed by atoms with van der Waals surface area (Å²) in [5, 5.41) is 0. The maximum Gasteiger partial charge on any atom is 0.185 e. The van der Waals surface area contributed by atoms with Crippen LogP contribution in [0.4, 0.5) is 5.69 Å². The second-order valence-corrected chi connectivity index (χ2v) is 7.09. The van der Waals surface area contributed by atoms with Crippen molar-refractivity contribution in [3.05, 3.63) is 82.4 Å². The molecule has 0 aliphatic carbocycles. The Kier molecular flexibility index (Phi) is 7.10. The third-order valence-corrected chi connectivity index (χ3v) is 4.57. The zero-order chi connectivity index (χ0) is 19.1. The predicted molar refractivity (Wildman–Crippen MR) is 112 cm³/mol. The van der Waals surface area contributed by atoms with Crippen LogP contribution in [0.2, 0.25) is 0 Å². The molecule has 3 nitrogen and oxygen atoms in total. The van der Waals surface area contributed by atoms with Gasteiger partial charge in [0.1, 0.15) is 0 Å². The van der Waals surface area contributed by atoms with Crippen molar-refractivity contribution >= 4 is 39.3 Å². The zero-order valence-electron chi connectivity index (χ0n) is 15.0. The van der Waals surface area contributed by atoms with E-state index in [1.54, 1.807) is 31.2 Å². The van der Waals surface area contributed by atoms with Gasteiger partial charge in [0.15, 0.2) is 11.6 Å². The summed E-state index contributed by atoms with van der Waals surface area (Å²) in [5.41, 5.74) is 3.22. The molecule has 0 atom stereocenters. The van der Waals surface area contributed by atoms with Crippen LogP contribution in [0.25, 0.3) is 6.08 Å². The van der Waals surface area contributed by atoms with Crippen molar-refractivity contribution in [3.63, 3.8) is 0 Å². The first kappa shape index (κ1) is 19.9. The lowest BCUT2D eigenvalue weighted by molar-refractivity contribution is -0.115. The van der Waals surface area contributed by atoms with Crippen LogP contribution in [0, 0.1) is 0 Å². The summed E-state index contributed by atoms with van der Waals surface area (Å²) in [5.74, 6) is 0.0554. The van der Waals surface area contributed by atoms with Crippen LogP contribution in [-0.2, 0) is 4.79 Å². The SMILES string of the molecule is C=C(C)C(=O)CCN(C)c1ccc(/C=C/C(=O)c2ccc(Br)cc2)cc1. The fourth-order valence-corrected chi connectivity index (χ4v) is 2.60. The highest BCUT2D eigenvalue weighted by molar-refractivity contribution is 9.10. The molecule has 0 radical (unpaired) electrons. The molecule has 4 heteroatoms. The van der Waals surface area contributed by atoms with Crippen molar-refractivity contribution in [1.29, 1.82) is 0 Å². The van der Waals surface area contributed by atoms with E-state index < -0.39 is 0 Å². The number of ketones is 2. The van der Waals surface area contributed by atoms with Gasteiger partial charge < -0.3 is 4.90 Å². The minimum atomic E-state index is -0.0306. The van der Waals surface area contributed by atoms with Gasteiger partial charge in [0.05, 0.1) is 0 Å². The van der Waals surface area contributed by atoms with Crippen molar-refractivity contribution < 1.29 is 9.59 Å². The van der Waals surface area contributed by atoms with Gasteiger partial charge in [-0.1, -0.05) is 40.7 Å². The molecule has 0 bridgehead atoms. The van der Waals surface area contributed by atoms with E-state index in [-0.39, 0.29) is 11.6 Å². The molecular formula is C22H22BrNO2. The number of carbonyl (C=O) groups is 2. The summed E-state index contributed by atoms with van der Waals surface area (Å²) in [6.07, 6.45) is 3.83. The number of nitrogens with zero attached hydrogens (tertiary/aromatic N) is 1. The lowest BCUT2D eigenvalue weighted by atomic mass is 10.1. The maximum atomic E-state index is 12.2. The van der Waals surface area contributed by atoms with Crippen molar-refractivity contribution in [1.82, 2.24) is 0 Å². The maximum absolute atomic E-state index is 12.2. The van der Waals surface area contributed by atoms with Crippen LogP contribution in [0.1, 0.15) is 29.3 Å². The standard InChI is InChI=1S/C22H22BrNO2/c1-16(2)21(25)14-15-24(3)20-11-4-17(5-12-20)6-13-22(26)18-7-9-19(23)10-8-18/h4-13H,1,14-15H2,2-3H3/b13-6+. The second-order valence-electron chi connectivity index (χ2n) is 6.17. The van der Waals surface area contributed by atoms with Crippen molar-refractivity contribution in [3.8, 4) is 0 Å². The van der Waals surface area contributed by atoms with Gasteiger partial charge in [-0.2, -0.15) is 0 Å². The first-order valence-electron chi connectivity index (χ1n) is 8.34. The quantitative estimate of drug-likeness (QED) is 0.435. The van der Waals surface area contributed by atoms with Crippen LogP contribution < -0.4 is 4.90 Å². The number of halogens is 1. The van der Waals surface area contributed by atoms with E-state index in [4.69, 9.17) is 0 Å². The highest BCUT2D eigenvalue weighted by Crippen LogP contribution is 2.16. The summed E-state index contributed by atoms with van der Waals surface area (Å²) < 4.78 is 0.947. The van der Waals surface area contributed by atoms with Crippen molar-refractivity contribution in [2.75, 3.05) is 18.5 Å². The van der Waals surface area contributed by atoms with Gasteiger partial charge in [-0.05, 0) is 60.5 Å². The normalized spacial score (nSPS) is 10.7. The number of carbonyl (C=O) groups excluding carboxylic acids is 2. The van der Waals surface area contributed by atoms with E-state index in [0.29, 0.717) is 24.1 Å². The number of anilines is 1. The Bertz CT molecular complexity index is 820. The Morgan fingerprint density at radius 1 is 1.08 bits per heavy atom. The third-order valence-electron chi connectivity index (χ3n) is 4.04. The van der Waals surface area contributed by atoms with Gasteiger partial charge in [-0.15, -0.1) is 0 Å². The van der Waals surface area contributed by atoms with Gasteiger partial charge in [-0.3, -0.25) is 9.59 Å². The highest BCUT2D eigenvalue weighted by atomic mass is 79.9. The van der Waals surface area contributed by atoms with Gasteiger partial charge in [0.25, 0.3) is 0 Å². The smallest absolute Gasteiger partial charge is 0.185 e. The Hall–Kier alpha value is -2.46. The molecule has 0 heterocycles. The molecule has 0 saturated carbocycles. The summed E-state index contributed by atoms with van der Waals surface area (Å²) in [4.78, 5) is 25.8. The summed E-state index contributed by atoms with van der Waals surface area (Å²) in [6, 6.07) is 15.2. The average molecular weight is 412 g/mol. The molecule has 0 N–H and O–H groups in total. The monoisotopic (exact) mass is 411 g/mol. The molecule has 26 heavy (non-hydrogen) atoms. The number of Topliss-reactive ketones (excluding diaryl/α,β-unsaturated/α-hetero) is 1. The number of hydrogen-bond donors (Lipinski definition) is 0. The Morgan fingerprint density at radius 3 is 2.27 bits per heavy atom. The van der Waals surface area contributed by atoms with Gasteiger partial charge >= 0.3 is 0 Å². The molecular weight excluding hydrogens is 390 g/mol. The molecule has 2 rings (SSSR count). The van der Waals surface area contributed by atoms with E-state index >= 15 is 0 Å². The molecule has 0 saturated heterocycles. The third kappa shape index (κ3) is 5.81. The van der Waals surface area contributed by atoms with Crippen LogP contribution in [0.15, 0.2) is 71.2 Å². The fourth-order valence-electron chi connectivity index (χ4n) is 2.33. The number of allylic oxidation sites excluding steroid dienone is 2. The molecule has 0 aliphatic rings. The lowest BCUT2D eigenvalue weighted by Gasteiger charge is -2.19. The van der Waals surface area contributed by atoms with Crippen LogP contribution in [0.3, 0.4) is 0 Å². The lowest BCUT2D eigenvalue weighted by Crippen LogP contribution is -2.21. The Labute approximate surface area is 163 Å². The summed E-state index contributed by atoms with van der Waals surface area (Å²) >= 11 is 3.36. The highest BCUT2D eigenvalue weighted by Gasteiger charge is 2.06. The van der Waals surface area contributed by atoms with E-state index in [2.05, 4.69) is 22.5 Å². The van der Waals surface area contributed by atoms with Crippen LogP contribution >= 0.6 is 15.9 Å². The summed E-state index contributed by atoms with van der Waals surface area (Å²) in [6.45, 7) is 6.05. The molecule has 0 aliphatic heterocycles. The Morgan fingerprint density at radius 2 is 1.69 bits per heavy atom. The van der Waals surface area contributed by atoms with Gasteiger partial charge in [0, 0.05) is 35.7 Å². The minimum absolute atomic E-state index is 0.0306. The molecule has 0 fully saturated rings. The topological polar surface area (TPSA) is 37.4 Å². The summed E-state index contributed by atoms with van der Waals surface area (Å²) in [7, 11) is 1.95. The molecule has 2 aromatic carbocycles. The van der Waals surface area contributed by atoms with E-state index in [9.17, 15) is 9.59 Å². The average Bonchev–Trinajstić information content (AvgIpc) is 2.64. The van der Waals surface area contributed by atoms with Crippen LogP contribution in [0.5, 0.6) is 0 Å². The molecule has 0 aromatic heterocycles. The Balaban J connectivity index is 1.96. The van der Waals surface area contributed by atoms with E-state index in [1.165, 1.54) is 0 Å². The van der Waals surface area contributed by atoms with E-state index in [1.807, 2.05) is 48.3 Å². The van der Waals surface area contributed by atoms with Crippen molar-refractivity contribution in [2.45, 2.75) is 13.3 Å². The van der Waals surface area contributed by atoms with Gasteiger partial charge in [0.2, 0.25) is 0 Å². The van der Waals surface area contributed by atoms with E-state index in [0.717, 1.165) is 15.7 Å². The minimum Gasteiger partial charge on any atom is -0.374 e. The molecule has 0 unspecified atom stereocenters. The molecule has 134 valence electrons. The zero-order valence-corrected chi connectivity index (χ0v) is 16.6. The van der Waals surface area contributed by atoms with Gasteiger partial charge in [-0.25, -0.2) is 0 Å². The number of hydrogen-bond acceptors (Lipinski definition) is 3. The first-order valence-corrected chi connectivity index (χ1v) is 9.14. The van der Waals surface area contributed by atoms with Crippen LogP contribution in [-0.4, -0.2) is 25.2 Å². The predicted octanol–water partition coefficient (Wildman–Crippen LogP) is 5.32. The second kappa shape index (κ2) is 9.30. The molecule has 2 aromatic rings. The largest absolute Gasteiger partial charge is 0.374 e. The number of benzene rings is 2. The van der Waals surface area contributed by atoms with Crippen molar-refractivity contribution in [2.24, 2.45) is 0 Å². The fraction of sp³-hybridized carbons (Fsp3) is 0.182.